The van der Waals surface area contributed by atoms with E-state index in [0.717, 1.165) is 16.3 Å². The Labute approximate surface area is 130 Å². The standard InChI is InChI=1S/C17H22N2OS/c1-10(2)12-5-6-13(14(7-12)11(3)4)15-9-21-17(19-15)8-16(18)20/h5-7,9-11H,8H2,1-4H3,(H2,18,20). The summed E-state index contributed by atoms with van der Waals surface area (Å²) in [5, 5.41) is 2.79. The van der Waals surface area contributed by atoms with Crippen LogP contribution in [0.1, 0.15) is 55.7 Å². The molecule has 0 saturated heterocycles. The lowest BCUT2D eigenvalue weighted by Gasteiger charge is -2.15. The van der Waals surface area contributed by atoms with Gasteiger partial charge in [-0.15, -0.1) is 11.3 Å². The van der Waals surface area contributed by atoms with Crippen LogP contribution in [0, 0.1) is 0 Å². The van der Waals surface area contributed by atoms with Crippen LogP contribution in [0.25, 0.3) is 11.3 Å². The number of aromatic nitrogens is 1. The normalized spacial score (nSPS) is 11.3. The van der Waals surface area contributed by atoms with Gasteiger partial charge in [-0.05, 0) is 23.0 Å². The van der Waals surface area contributed by atoms with Gasteiger partial charge in [0.2, 0.25) is 5.91 Å². The number of nitrogens with zero attached hydrogens (tertiary/aromatic N) is 1. The van der Waals surface area contributed by atoms with Crippen molar-refractivity contribution in [2.24, 2.45) is 5.73 Å². The first-order chi connectivity index (χ1) is 9.88. The lowest BCUT2D eigenvalue weighted by Crippen LogP contribution is -2.13. The van der Waals surface area contributed by atoms with Crippen molar-refractivity contribution in [1.29, 1.82) is 0 Å². The van der Waals surface area contributed by atoms with E-state index in [9.17, 15) is 4.79 Å². The number of carbonyl (C=O) groups is 1. The van der Waals surface area contributed by atoms with Crippen molar-refractivity contribution in [3.63, 3.8) is 0 Å². The van der Waals surface area contributed by atoms with Gasteiger partial charge in [-0.3, -0.25) is 4.79 Å². The van der Waals surface area contributed by atoms with Gasteiger partial charge in [0.25, 0.3) is 0 Å². The van der Waals surface area contributed by atoms with Crippen LogP contribution in [0.4, 0.5) is 0 Å². The fraction of sp³-hybridized carbons (Fsp3) is 0.412. The Morgan fingerprint density at radius 1 is 1.24 bits per heavy atom. The molecule has 1 heterocycles. The molecule has 0 radical (unpaired) electrons. The molecule has 4 heteroatoms. The Bertz CT molecular complexity index is 644. The van der Waals surface area contributed by atoms with Crippen LogP contribution in [0.5, 0.6) is 0 Å². The monoisotopic (exact) mass is 302 g/mol. The van der Waals surface area contributed by atoms with E-state index >= 15 is 0 Å². The molecular formula is C17H22N2OS. The molecule has 0 aliphatic heterocycles. The SMILES string of the molecule is CC(C)c1ccc(-c2csc(CC(N)=O)n2)c(C(C)C)c1. The summed E-state index contributed by atoms with van der Waals surface area (Å²) in [6.07, 6.45) is 0.214. The maximum absolute atomic E-state index is 11.0. The number of carbonyl (C=O) groups excluding carboxylic acids is 1. The van der Waals surface area contributed by atoms with Crippen molar-refractivity contribution in [2.45, 2.75) is 46.0 Å². The number of primary amides is 1. The topological polar surface area (TPSA) is 56.0 Å². The molecule has 0 bridgehead atoms. The second kappa shape index (κ2) is 6.39. The zero-order valence-electron chi connectivity index (χ0n) is 13.0. The zero-order valence-corrected chi connectivity index (χ0v) is 13.8. The van der Waals surface area contributed by atoms with Crippen LogP contribution in [-0.4, -0.2) is 10.9 Å². The minimum atomic E-state index is -0.338. The molecule has 112 valence electrons. The lowest BCUT2D eigenvalue weighted by molar-refractivity contribution is -0.117. The Kier molecular flexibility index (Phi) is 4.78. The van der Waals surface area contributed by atoms with Crippen molar-refractivity contribution in [1.82, 2.24) is 4.98 Å². The van der Waals surface area contributed by atoms with Gasteiger partial charge in [-0.1, -0.05) is 45.9 Å². The lowest BCUT2D eigenvalue weighted by atomic mass is 9.90. The molecule has 1 aromatic heterocycles. The number of rotatable bonds is 5. The highest BCUT2D eigenvalue weighted by Crippen LogP contribution is 2.32. The summed E-state index contributed by atoms with van der Waals surface area (Å²) >= 11 is 1.49. The summed E-state index contributed by atoms with van der Waals surface area (Å²) in [5.41, 5.74) is 9.97. The zero-order chi connectivity index (χ0) is 15.6. The fourth-order valence-electron chi connectivity index (χ4n) is 2.32. The Balaban J connectivity index is 2.43. The molecule has 0 unspecified atom stereocenters. The number of thiazole rings is 1. The molecule has 0 aliphatic rings. The van der Waals surface area contributed by atoms with E-state index in [4.69, 9.17) is 5.73 Å². The van der Waals surface area contributed by atoms with Crippen LogP contribution in [0.3, 0.4) is 0 Å². The number of nitrogens with two attached hydrogens (primary N) is 1. The maximum Gasteiger partial charge on any atom is 0.224 e. The second-order valence-corrected chi connectivity index (χ2v) is 6.87. The van der Waals surface area contributed by atoms with Gasteiger partial charge < -0.3 is 5.73 Å². The molecule has 0 spiro atoms. The van der Waals surface area contributed by atoms with Crippen LogP contribution in [0.15, 0.2) is 23.6 Å². The first-order valence-electron chi connectivity index (χ1n) is 7.25. The number of benzene rings is 1. The molecule has 2 rings (SSSR count). The smallest absolute Gasteiger partial charge is 0.224 e. The minimum absolute atomic E-state index is 0.214. The minimum Gasteiger partial charge on any atom is -0.369 e. The van der Waals surface area contributed by atoms with E-state index in [0.29, 0.717) is 11.8 Å². The fourth-order valence-corrected chi connectivity index (χ4v) is 3.12. The summed E-state index contributed by atoms with van der Waals surface area (Å²) in [6, 6.07) is 6.59. The van der Waals surface area contributed by atoms with Gasteiger partial charge in [0, 0.05) is 10.9 Å². The highest BCUT2D eigenvalue weighted by molar-refractivity contribution is 7.10. The van der Waals surface area contributed by atoms with E-state index in [1.807, 2.05) is 5.38 Å². The molecular weight excluding hydrogens is 280 g/mol. The van der Waals surface area contributed by atoms with Gasteiger partial charge in [0.1, 0.15) is 5.01 Å². The van der Waals surface area contributed by atoms with E-state index in [1.165, 1.54) is 22.5 Å². The number of hydrogen-bond donors (Lipinski definition) is 1. The third kappa shape index (κ3) is 3.70. The molecule has 0 atom stereocenters. The quantitative estimate of drug-likeness (QED) is 0.904. The molecule has 0 aliphatic carbocycles. The van der Waals surface area contributed by atoms with Crippen LogP contribution in [0.2, 0.25) is 0 Å². The van der Waals surface area contributed by atoms with E-state index < -0.39 is 0 Å². The van der Waals surface area contributed by atoms with Crippen molar-refractivity contribution < 1.29 is 4.79 Å². The number of hydrogen-bond acceptors (Lipinski definition) is 3. The molecule has 1 aromatic carbocycles. The Morgan fingerprint density at radius 2 is 1.95 bits per heavy atom. The summed E-state index contributed by atoms with van der Waals surface area (Å²) < 4.78 is 0. The van der Waals surface area contributed by atoms with Crippen LogP contribution in [-0.2, 0) is 11.2 Å². The third-order valence-electron chi connectivity index (χ3n) is 3.52. The predicted molar refractivity (Wildman–Crippen MR) is 88.6 cm³/mol. The third-order valence-corrected chi connectivity index (χ3v) is 4.37. The molecule has 3 nitrogen and oxygen atoms in total. The van der Waals surface area contributed by atoms with Crippen molar-refractivity contribution in [2.75, 3.05) is 0 Å². The van der Waals surface area contributed by atoms with Gasteiger partial charge in [-0.25, -0.2) is 4.98 Å². The summed E-state index contributed by atoms with van der Waals surface area (Å²) in [6.45, 7) is 8.79. The number of amides is 1. The summed E-state index contributed by atoms with van der Waals surface area (Å²) in [7, 11) is 0. The second-order valence-electron chi connectivity index (χ2n) is 5.93. The Hall–Kier alpha value is -1.68. The van der Waals surface area contributed by atoms with E-state index in [1.54, 1.807) is 0 Å². The van der Waals surface area contributed by atoms with Gasteiger partial charge in [0.15, 0.2) is 0 Å². The van der Waals surface area contributed by atoms with Crippen molar-refractivity contribution in [3.05, 3.63) is 39.7 Å². The highest BCUT2D eigenvalue weighted by atomic mass is 32.1. The summed E-state index contributed by atoms with van der Waals surface area (Å²) in [5.74, 6) is 0.604. The molecule has 0 saturated carbocycles. The highest BCUT2D eigenvalue weighted by Gasteiger charge is 2.14. The largest absolute Gasteiger partial charge is 0.369 e. The predicted octanol–water partition coefficient (Wildman–Crippen LogP) is 4.08. The first kappa shape index (κ1) is 15.7. The average Bonchev–Trinajstić information content (AvgIpc) is 2.85. The van der Waals surface area contributed by atoms with Gasteiger partial charge in [0.05, 0.1) is 12.1 Å². The molecule has 1 amide bonds. The first-order valence-corrected chi connectivity index (χ1v) is 8.13. The van der Waals surface area contributed by atoms with Crippen molar-refractivity contribution in [3.8, 4) is 11.3 Å². The molecule has 0 fully saturated rings. The molecule has 21 heavy (non-hydrogen) atoms. The van der Waals surface area contributed by atoms with Gasteiger partial charge in [-0.2, -0.15) is 0 Å². The van der Waals surface area contributed by atoms with Gasteiger partial charge >= 0.3 is 0 Å². The summed E-state index contributed by atoms with van der Waals surface area (Å²) in [4.78, 5) is 15.6. The average molecular weight is 302 g/mol. The van der Waals surface area contributed by atoms with Crippen molar-refractivity contribution >= 4 is 17.2 Å². The maximum atomic E-state index is 11.0. The Morgan fingerprint density at radius 3 is 2.52 bits per heavy atom. The van der Waals surface area contributed by atoms with Crippen LogP contribution < -0.4 is 5.73 Å². The molecule has 2 N–H and O–H groups in total. The van der Waals surface area contributed by atoms with E-state index in [-0.39, 0.29) is 12.3 Å². The van der Waals surface area contributed by atoms with Crippen LogP contribution >= 0.6 is 11.3 Å². The van der Waals surface area contributed by atoms with E-state index in [2.05, 4.69) is 50.9 Å². The molecule has 2 aromatic rings.